The molecule has 0 heterocycles. The molecule has 0 atom stereocenters. The lowest BCUT2D eigenvalue weighted by atomic mass is 10.1. The number of hydrogen-bond acceptors (Lipinski definition) is 3. The summed E-state index contributed by atoms with van der Waals surface area (Å²) in [4.78, 5) is 11.9. The molecule has 0 radical (unpaired) electrons. The Kier molecular flexibility index (Phi) is 6.94. The van der Waals surface area contributed by atoms with E-state index in [1.807, 2.05) is 0 Å². The second kappa shape index (κ2) is 9.17. The molecule has 0 aliphatic rings. The highest BCUT2D eigenvalue weighted by molar-refractivity contribution is 7.91. The van der Waals surface area contributed by atoms with Crippen molar-refractivity contribution in [3.8, 4) is 0 Å². The van der Waals surface area contributed by atoms with Crippen molar-refractivity contribution in [3.63, 3.8) is 0 Å². The number of rotatable bonds is 8. The maximum atomic E-state index is 13.0. The van der Waals surface area contributed by atoms with Crippen molar-refractivity contribution in [2.75, 3.05) is 18.8 Å². The van der Waals surface area contributed by atoms with E-state index in [-0.39, 0.29) is 29.0 Å². The van der Waals surface area contributed by atoms with E-state index in [4.69, 9.17) is 0 Å². The summed E-state index contributed by atoms with van der Waals surface area (Å²) in [6, 6.07) is 14.1. The van der Waals surface area contributed by atoms with Gasteiger partial charge in [0.05, 0.1) is 10.6 Å². The summed E-state index contributed by atoms with van der Waals surface area (Å²) >= 11 is 0. The van der Waals surface area contributed by atoms with Crippen molar-refractivity contribution in [2.45, 2.75) is 17.7 Å². The normalized spacial score (nSPS) is 11.1. The van der Waals surface area contributed by atoms with E-state index >= 15 is 0 Å². The van der Waals surface area contributed by atoms with Crippen LogP contribution in [0.15, 0.2) is 59.5 Å². The summed E-state index contributed by atoms with van der Waals surface area (Å²) in [6.07, 6.45) is 0.849. The van der Waals surface area contributed by atoms with E-state index < -0.39 is 9.84 Å². The number of benzene rings is 2. The van der Waals surface area contributed by atoms with Gasteiger partial charge in [0, 0.05) is 13.1 Å². The fraction of sp³-hybridized carbons (Fsp3) is 0.278. The van der Waals surface area contributed by atoms with Crippen LogP contribution in [0.3, 0.4) is 0 Å². The van der Waals surface area contributed by atoms with E-state index in [1.54, 1.807) is 42.5 Å². The number of sulfone groups is 1. The molecular formula is C18H21FN2O3S. The molecule has 134 valence electrons. The molecule has 0 saturated carbocycles. The molecule has 0 saturated heterocycles. The summed E-state index contributed by atoms with van der Waals surface area (Å²) in [5.74, 6) is -0.331. The van der Waals surface area contributed by atoms with Crippen LogP contribution in [0, 0.1) is 5.82 Å². The van der Waals surface area contributed by atoms with Crippen molar-refractivity contribution >= 4 is 15.9 Å². The third-order valence-electron chi connectivity index (χ3n) is 3.57. The summed E-state index contributed by atoms with van der Waals surface area (Å²) in [5.41, 5.74) is 0.800. The van der Waals surface area contributed by atoms with Crippen molar-refractivity contribution in [1.82, 2.24) is 10.6 Å². The first-order valence-corrected chi connectivity index (χ1v) is 9.66. The van der Waals surface area contributed by atoms with Crippen molar-refractivity contribution < 1.29 is 17.6 Å². The number of nitrogens with one attached hydrogen (secondary N) is 2. The second-order valence-electron chi connectivity index (χ2n) is 5.55. The molecule has 25 heavy (non-hydrogen) atoms. The standard InChI is InChI=1S/C18H21FN2O3S/c19-16-7-4-6-15(14-16)10-12-21-18(22)20-11-5-13-25(23,24)17-8-2-1-3-9-17/h1-4,6-9,14H,5,10-13H2,(H2,20,21,22). The van der Waals surface area contributed by atoms with Gasteiger partial charge < -0.3 is 10.6 Å². The lowest BCUT2D eigenvalue weighted by molar-refractivity contribution is 0.241. The Hall–Kier alpha value is -2.41. The molecule has 5 nitrogen and oxygen atoms in total. The van der Waals surface area contributed by atoms with Crippen molar-refractivity contribution in [3.05, 3.63) is 66.0 Å². The minimum absolute atomic E-state index is 0.0272. The summed E-state index contributed by atoms with van der Waals surface area (Å²) in [5, 5.41) is 5.27. The Morgan fingerprint density at radius 2 is 1.68 bits per heavy atom. The zero-order valence-electron chi connectivity index (χ0n) is 13.7. The minimum atomic E-state index is -3.32. The lowest BCUT2D eigenvalue weighted by Gasteiger charge is -2.08. The summed E-state index contributed by atoms with van der Waals surface area (Å²) < 4.78 is 37.2. The van der Waals surface area contributed by atoms with Gasteiger partial charge in [0.25, 0.3) is 0 Å². The van der Waals surface area contributed by atoms with Gasteiger partial charge in [-0.3, -0.25) is 0 Å². The number of carbonyl (C=O) groups is 1. The van der Waals surface area contributed by atoms with Crippen LogP contribution in [-0.2, 0) is 16.3 Å². The van der Waals surface area contributed by atoms with Gasteiger partial charge in [-0.1, -0.05) is 30.3 Å². The van der Waals surface area contributed by atoms with Gasteiger partial charge >= 0.3 is 6.03 Å². The van der Waals surface area contributed by atoms with Crippen LogP contribution in [-0.4, -0.2) is 33.3 Å². The maximum Gasteiger partial charge on any atom is 0.314 e. The number of carbonyl (C=O) groups excluding carboxylic acids is 1. The van der Waals surface area contributed by atoms with E-state index in [0.717, 1.165) is 5.56 Å². The third-order valence-corrected chi connectivity index (χ3v) is 5.38. The smallest absolute Gasteiger partial charge is 0.314 e. The fourth-order valence-electron chi connectivity index (χ4n) is 2.29. The zero-order valence-corrected chi connectivity index (χ0v) is 14.6. The van der Waals surface area contributed by atoms with Gasteiger partial charge in [-0.25, -0.2) is 17.6 Å². The Labute approximate surface area is 147 Å². The molecule has 7 heteroatoms. The number of amides is 2. The fourth-order valence-corrected chi connectivity index (χ4v) is 3.62. The zero-order chi connectivity index (χ0) is 18.1. The van der Waals surface area contributed by atoms with Gasteiger partial charge in [-0.2, -0.15) is 0 Å². The van der Waals surface area contributed by atoms with E-state index in [1.165, 1.54) is 12.1 Å². The summed E-state index contributed by atoms with van der Waals surface area (Å²) in [6.45, 7) is 0.634. The SMILES string of the molecule is O=C(NCCCS(=O)(=O)c1ccccc1)NCCc1cccc(F)c1. The van der Waals surface area contributed by atoms with Crippen LogP contribution in [0.25, 0.3) is 0 Å². The van der Waals surface area contributed by atoms with Crippen LogP contribution in [0.5, 0.6) is 0 Å². The highest BCUT2D eigenvalue weighted by Crippen LogP contribution is 2.10. The molecule has 0 bridgehead atoms. The van der Waals surface area contributed by atoms with E-state index in [0.29, 0.717) is 19.4 Å². The van der Waals surface area contributed by atoms with Crippen LogP contribution in [0.1, 0.15) is 12.0 Å². The highest BCUT2D eigenvalue weighted by Gasteiger charge is 2.13. The number of hydrogen-bond donors (Lipinski definition) is 2. The molecule has 0 aliphatic carbocycles. The molecule has 2 amide bonds. The third kappa shape index (κ3) is 6.54. The Morgan fingerprint density at radius 1 is 0.960 bits per heavy atom. The van der Waals surface area contributed by atoms with Crippen molar-refractivity contribution in [1.29, 1.82) is 0 Å². The van der Waals surface area contributed by atoms with Gasteiger partial charge in [-0.15, -0.1) is 0 Å². The molecule has 0 spiro atoms. The molecular weight excluding hydrogens is 343 g/mol. The monoisotopic (exact) mass is 364 g/mol. The lowest BCUT2D eigenvalue weighted by Crippen LogP contribution is -2.37. The minimum Gasteiger partial charge on any atom is -0.338 e. The first-order valence-electron chi connectivity index (χ1n) is 8.01. The molecule has 2 aromatic rings. The average Bonchev–Trinajstić information content (AvgIpc) is 2.60. The predicted molar refractivity (Wildman–Crippen MR) is 94.6 cm³/mol. The summed E-state index contributed by atoms with van der Waals surface area (Å²) in [7, 11) is -3.32. The molecule has 2 N–H and O–H groups in total. The highest BCUT2D eigenvalue weighted by atomic mass is 32.2. The second-order valence-corrected chi connectivity index (χ2v) is 7.66. The number of urea groups is 1. The van der Waals surface area contributed by atoms with Crippen LogP contribution in [0.4, 0.5) is 9.18 Å². The molecule has 0 fully saturated rings. The Balaban J connectivity index is 1.64. The first-order chi connectivity index (χ1) is 12.0. The molecule has 2 rings (SSSR count). The van der Waals surface area contributed by atoms with E-state index in [9.17, 15) is 17.6 Å². The van der Waals surface area contributed by atoms with Gasteiger partial charge in [0.1, 0.15) is 5.82 Å². The average molecular weight is 364 g/mol. The van der Waals surface area contributed by atoms with Gasteiger partial charge in [0.15, 0.2) is 9.84 Å². The largest absolute Gasteiger partial charge is 0.338 e. The Bertz CT molecular complexity index is 795. The van der Waals surface area contributed by atoms with Crippen LogP contribution >= 0.6 is 0 Å². The van der Waals surface area contributed by atoms with E-state index in [2.05, 4.69) is 10.6 Å². The quantitative estimate of drug-likeness (QED) is 0.707. The van der Waals surface area contributed by atoms with Crippen LogP contribution in [0.2, 0.25) is 0 Å². The van der Waals surface area contributed by atoms with Crippen molar-refractivity contribution in [2.24, 2.45) is 0 Å². The topological polar surface area (TPSA) is 75.3 Å². The molecule has 0 aromatic heterocycles. The molecule has 0 unspecified atom stereocenters. The molecule has 2 aromatic carbocycles. The predicted octanol–water partition coefficient (Wildman–Crippen LogP) is 2.53. The Morgan fingerprint density at radius 3 is 2.40 bits per heavy atom. The first kappa shape index (κ1) is 18.9. The van der Waals surface area contributed by atoms with Gasteiger partial charge in [-0.05, 0) is 42.7 Å². The number of halogens is 1. The maximum absolute atomic E-state index is 13.0. The van der Waals surface area contributed by atoms with Gasteiger partial charge in [0.2, 0.25) is 0 Å². The van der Waals surface area contributed by atoms with Crippen LogP contribution < -0.4 is 10.6 Å². The molecule has 0 aliphatic heterocycles.